The van der Waals surface area contributed by atoms with E-state index in [4.69, 9.17) is 14.2 Å². The second-order valence-corrected chi connectivity index (χ2v) is 16.7. The fourth-order valence-electron chi connectivity index (χ4n) is 6.43. The average molecular weight is 923 g/mol. The highest BCUT2D eigenvalue weighted by atomic mass is 16.6. The Balaban J connectivity index is 4.63. The van der Waals surface area contributed by atoms with Crippen molar-refractivity contribution in [2.75, 3.05) is 13.2 Å². The van der Waals surface area contributed by atoms with Crippen molar-refractivity contribution in [1.82, 2.24) is 0 Å². The van der Waals surface area contributed by atoms with E-state index in [2.05, 4.69) is 154 Å². The van der Waals surface area contributed by atoms with Crippen LogP contribution in [0.25, 0.3) is 0 Å². The van der Waals surface area contributed by atoms with Gasteiger partial charge in [0.15, 0.2) is 6.10 Å². The van der Waals surface area contributed by atoms with E-state index in [9.17, 15) is 14.4 Å². The topological polar surface area (TPSA) is 78.9 Å². The Bertz CT molecular complexity index is 1530. The summed E-state index contributed by atoms with van der Waals surface area (Å²) in [6, 6.07) is 0. The summed E-state index contributed by atoms with van der Waals surface area (Å²) < 4.78 is 16.7. The lowest BCUT2D eigenvalue weighted by molar-refractivity contribution is -0.166. The van der Waals surface area contributed by atoms with E-state index >= 15 is 0 Å². The number of unbranched alkanes of at least 4 members (excludes halogenated alkanes) is 10. The van der Waals surface area contributed by atoms with Gasteiger partial charge in [0, 0.05) is 19.3 Å². The van der Waals surface area contributed by atoms with Crippen molar-refractivity contribution >= 4 is 17.9 Å². The number of ether oxygens (including phenoxy) is 3. The molecule has 0 saturated heterocycles. The molecular weight excluding hydrogens is 829 g/mol. The molecule has 0 radical (unpaired) electrons. The first-order valence-electron chi connectivity index (χ1n) is 26.3. The molecule has 0 fully saturated rings. The van der Waals surface area contributed by atoms with Gasteiger partial charge in [-0.15, -0.1) is 0 Å². The molecule has 0 spiro atoms. The average Bonchev–Trinajstić information content (AvgIpc) is 3.33. The minimum atomic E-state index is -0.848. The summed E-state index contributed by atoms with van der Waals surface area (Å²) in [5.74, 6) is -1.09. The molecule has 0 bridgehead atoms. The predicted molar refractivity (Wildman–Crippen MR) is 288 cm³/mol. The van der Waals surface area contributed by atoms with Crippen LogP contribution in [0.5, 0.6) is 0 Å². The van der Waals surface area contributed by atoms with Gasteiger partial charge in [-0.3, -0.25) is 14.4 Å². The highest BCUT2D eigenvalue weighted by Gasteiger charge is 2.19. The molecule has 0 rings (SSSR count). The molecule has 0 heterocycles. The molecular formula is C61H94O6. The van der Waals surface area contributed by atoms with E-state index in [1.165, 1.54) is 25.7 Å². The van der Waals surface area contributed by atoms with E-state index in [1.807, 2.05) is 12.2 Å². The maximum atomic E-state index is 12.8. The Labute approximate surface area is 410 Å². The van der Waals surface area contributed by atoms with Crippen LogP contribution in [0.3, 0.4) is 0 Å². The number of rotatable bonds is 45. The van der Waals surface area contributed by atoms with Gasteiger partial charge < -0.3 is 14.2 Å². The van der Waals surface area contributed by atoms with Crippen LogP contribution in [-0.4, -0.2) is 37.2 Å². The fourth-order valence-corrected chi connectivity index (χ4v) is 6.43. The predicted octanol–water partition coefficient (Wildman–Crippen LogP) is 17.6. The maximum absolute atomic E-state index is 12.8. The van der Waals surface area contributed by atoms with E-state index in [-0.39, 0.29) is 38.0 Å². The van der Waals surface area contributed by atoms with E-state index < -0.39 is 12.1 Å². The van der Waals surface area contributed by atoms with Gasteiger partial charge in [-0.2, -0.15) is 0 Å². The minimum absolute atomic E-state index is 0.135. The standard InChI is InChI=1S/C61H94O6/c1-4-7-10-13-16-19-22-25-28-29-30-31-34-37-40-43-46-49-52-55-61(64)67-58(56-65-59(62)53-50-47-44-41-38-35-32-26-23-20-17-14-11-8-5-2)57-66-60(63)54-51-48-45-42-39-36-33-27-24-21-18-15-12-9-6-3/h7-8,10-11,16-21,25-28,30-33,37-38,40-41,46,49,58H,4-6,9,12-15,22-24,29,34-36,39,42-45,47-48,50-57H2,1-3H3/b10-7-,11-8-,19-16-,20-17-,21-18-,28-25-,31-30-,32-26-,33-27-,40-37-,41-38-,49-46-/t58-/m1/s1. The summed E-state index contributed by atoms with van der Waals surface area (Å²) in [5, 5.41) is 0. The molecule has 0 aromatic heterocycles. The Kier molecular flexibility index (Phi) is 50.1. The van der Waals surface area contributed by atoms with Gasteiger partial charge in [-0.05, 0) is 128 Å². The lowest BCUT2D eigenvalue weighted by Gasteiger charge is -2.18. The molecule has 67 heavy (non-hydrogen) atoms. The number of hydrogen-bond donors (Lipinski definition) is 0. The quantitative estimate of drug-likeness (QED) is 0.0262. The molecule has 0 aliphatic heterocycles. The molecule has 0 aliphatic rings. The van der Waals surface area contributed by atoms with E-state index in [1.54, 1.807) is 0 Å². The molecule has 0 N–H and O–H groups in total. The lowest BCUT2D eigenvalue weighted by Crippen LogP contribution is -2.30. The molecule has 1 atom stereocenters. The van der Waals surface area contributed by atoms with Crippen LogP contribution in [0.4, 0.5) is 0 Å². The molecule has 374 valence electrons. The molecule has 0 aromatic rings. The summed E-state index contributed by atoms with van der Waals surface area (Å²) in [4.78, 5) is 38.0. The number of carbonyl (C=O) groups is 3. The smallest absolute Gasteiger partial charge is 0.306 e. The van der Waals surface area contributed by atoms with Crippen LogP contribution in [0.15, 0.2) is 146 Å². The molecule has 0 unspecified atom stereocenters. The second-order valence-electron chi connectivity index (χ2n) is 16.7. The molecule has 0 amide bonds. The highest BCUT2D eigenvalue weighted by Crippen LogP contribution is 2.11. The maximum Gasteiger partial charge on any atom is 0.306 e. The fraction of sp³-hybridized carbons (Fsp3) is 0.557. The molecule has 6 nitrogen and oxygen atoms in total. The Morgan fingerprint density at radius 2 is 0.612 bits per heavy atom. The van der Waals surface area contributed by atoms with Crippen molar-refractivity contribution in [3.8, 4) is 0 Å². The molecule has 6 heteroatoms. The Morgan fingerprint density at radius 3 is 1.00 bits per heavy atom. The Hall–Kier alpha value is -4.71. The molecule has 0 aromatic carbocycles. The second kappa shape index (κ2) is 53.9. The summed E-state index contributed by atoms with van der Waals surface area (Å²) >= 11 is 0. The summed E-state index contributed by atoms with van der Waals surface area (Å²) in [6.07, 6.45) is 77.0. The highest BCUT2D eigenvalue weighted by molar-refractivity contribution is 5.71. The van der Waals surface area contributed by atoms with Crippen LogP contribution >= 0.6 is 0 Å². The van der Waals surface area contributed by atoms with Gasteiger partial charge in [0.25, 0.3) is 0 Å². The lowest BCUT2D eigenvalue weighted by atomic mass is 10.1. The third-order valence-electron chi connectivity index (χ3n) is 10.3. The zero-order valence-corrected chi connectivity index (χ0v) is 42.6. The summed E-state index contributed by atoms with van der Waals surface area (Å²) in [6.45, 7) is 6.25. The number of carbonyl (C=O) groups excluding carboxylic acids is 3. The zero-order chi connectivity index (χ0) is 48.6. The van der Waals surface area contributed by atoms with Gasteiger partial charge in [0.2, 0.25) is 0 Å². The third kappa shape index (κ3) is 52.1. The van der Waals surface area contributed by atoms with Crippen LogP contribution < -0.4 is 0 Å². The molecule has 0 aliphatic carbocycles. The van der Waals surface area contributed by atoms with Crippen LogP contribution in [-0.2, 0) is 28.6 Å². The van der Waals surface area contributed by atoms with Crippen molar-refractivity contribution in [2.24, 2.45) is 0 Å². The SMILES string of the molecule is CC/C=C\C/C=C\C/C=C\C/C=C\C/C=C\C/C=C\CCC(=O)O[C@H](COC(=O)CCCC/C=C\C/C=C\C/C=C\C/C=C\CC)COC(=O)CCCCCCC/C=C\C/C=C\CCCCC. The first-order valence-corrected chi connectivity index (χ1v) is 26.3. The van der Waals surface area contributed by atoms with Crippen molar-refractivity contribution < 1.29 is 28.6 Å². The van der Waals surface area contributed by atoms with Crippen LogP contribution in [0, 0.1) is 0 Å². The normalized spacial score (nSPS) is 13.3. The van der Waals surface area contributed by atoms with Crippen LogP contribution in [0.2, 0.25) is 0 Å². The minimum Gasteiger partial charge on any atom is -0.462 e. The van der Waals surface area contributed by atoms with Crippen molar-refractivity contribution in [3.63, 3.8) is 0 Å². The van der Waals surface area contributed by atoms with Gasteiger partial charge in [0.05, 0.1) is 0 Å². The van der Waals surface area contributed by atoms with Crippen molar-refractivity contribution in [3.05, 3.63) is 146 Å². The zero-order valence-electron chi connectivity index (χ0n) is 42.6. The monoisotopic (exact) mass is 923 g/mol. The third-order valence-corrected chi connectivity index (χ3v) is 10.3. The van der Waals surface area contributed by atoms with E-state index in [0.29, 0.717) is 19.3 Å². The number of allylic oxidation sites excluding steroid dienone is 24. The van der Waals surface area contributed by atoms with Crippen molar-refractivity contribution in [1.29, 1.82) is 0 Å². The summed E-state index contributed by atoms with van der Waals surface area (Å²) in [7, 11) is 0. The number of hydrogen-bond acceptors (Lipinski definition) is 6. The van der Waals surface area contributed by atoms with Gasteiger partial charge in [-0.25, -0.2) is 0 Å². The van der Waals surface area contributed by atoms with Gasteiger partial charge in [-0.1, -0.05) is 199 Å². The first-order chi connectivity index (χ1) is 33.0. The van der Waals surface area contributed by atoms with Gasteiger partial charge in [0.1, 0.15) is 13.2 Å². The van der Waals surface area contributed by atoms with Crippen LogP contribution in [0.1, 0.15) is 201 Å². The first kappa shape index (κ1) is 62.3. The van der Waals surface area contributed by atoms with E-state index in [0.717, 1.165) is 122 Å². The largest absolute Gasteiger partial charge is 0.462 e. The van der Waals surface area contributed by atoms with Gasteiger partial charge >= 0.3 is 17.9 Å². The molecule has 0 saturated carbocycles. The summed E-state index contributed by atoms with van der Waals surface area (Å²) in [5.41, 5.74) is 0. The Morgan fingerprint density at radius 1 is 0.313 bits per heavy atom. The van der Waals surface area contributed by atoms with Crippen molar-refractivity contribution in [2.45, 2.75) is 207 Å². The number of esters is 3.